The molecule has 1 unspecified atom stereocenters. The fraction of sp³-hybridized carbons (Fsp3) is 0.333. The Morgan fingerprint density at radius 1 is 1.41 bits per heavy atom. The molecule has 0 amide bonds. The topological polar surface area (TPSA) is 37.8 Å². The van der Waals surface area contributed by atoms with Gasteiger partial charge in [0, 0.05) is 4.88 Å². The van der Waals surface area contributed by atoms with Crippen LogP contribution in [0.2, 0.25) is 0 Å². The first-order valence-electron chi connectivity index (χ1n) is 5.57. The van der Waals surface area contributed by atoms with Crippen molar-refractivity contribution in [1.82, 2.24) is 9.97 Å². The monoisotopic (exact) mass is 251 g/mol. The van der Waals surface area contributed by atoms with Crippen molar-refractivity contribution in [2.75, 3.05) is 5.32 Å². The van der Waals surface area contributed by atoms with Crippen LogP contribution in [-0.2, 0) is 0 Å². The standard InChI is InChI=1S/C12H14FN3S/c1-2-4-10(11-5-3-6-17-11)16-12-14-7-9(13)8-15-12/h3,5-8,10H,2,4H2,1H3,(H,14,15,16). The third-order valence-electron chi connectivity index (χ3n) is 2.39. The highest BCUT2D eigenvalue weighted by Gasteiger charge is 2.12. The van der Waals surface area contributed by atoms with Gasteiger partial charge in [0.1, 0.15) is 0 Å². The molecule has 1 atom stereocenters. The maximum atomic E-state index is 12.7. The van der Waals surface area contributed by atoms with Crippen LogP contribution in [0.25, 0.3) is 0 Å². The highest BCUT2D eigenvalue weighted by molar-refractivity contribution is 7.10. The Morgan fingerprint density at radius 3 is 2.76 bits per heavy atom. The number of hydrogen-bond donors (Lipinski definition) is 1. The highest BCUT2D eigenvalue weighted by atomic mass is 32.1. The van der Waals surface area contributed by atoms with Gasteiger partial charge >= 0.3 is 0 Å². The predicted octanol–water partition coefficient (Wildman–Crippen LogP) is 3.63. The van der Waals surface area contributed by atoms with Crippen LogP contribution in [0.1, 0.15) is 30.7 Å². The number of thiophene rings is 1. The normalized spacial score (nSPS) is 12.4. The molecule has 0 fully saturated rings. The molecule has 0 radical (unpaired) electrons. The van der Waals surface area contributed by atoms with E-state index >= 15 is 0 Å². The number of anilines is 1. The molecule has 2 rings (SSSR count). The SMILES string of the molecule is CCCC(Nc1ncc(F)cn1)c1cccs1. The minimum absolute atomic E-state index is 0.200. The van der Waals surface area contributed by atoms with E-state index in [9.17, 15) is 4.39 Å². The predicted molar refractivity (Wildman–Crippen MR) is 67.6 cm³/mol. The summed E-state index contributed by atoms with van der Waals surface area (Å²) in [6.45, 7) is 2.13. The Morgan fingerprint density at radius 2 is 2.18 bits per heavy atom. The van der Waals surface area contributed by atoms with Crippen LogP contribution in [0.3, 0.4) is 0 Å². The molecule has 0 saturated heterocycles. The zero-order chi connectivity index (χ0) is 12.1. The van der Waals surface area contributed by atoms with Crippen LogP contribution in [0.4, 0.5) is 10.3 Å². The van der Waals surface area contributed by atoms with Gasteiger partial charge in [-0.1, -0.05) is 19.4 Å². The maximum absolute atomic E-state index is 12.7. The first kappa shape index (κ1) is 12.0. The van der Waals surface area contributed by atoms with Gasteiger partial charge in [-0.3, -0.25) is 0 Å². The molecule has 0 aliphatic carbocycles. The van der Waals surface area contributed by atoms with E-state index in [1.165, 1.54) is 17.3 Å². The minimum atomic E-state index is -0.418. The second-order valence-corrected chi connectivity index (χ2v) is 4.71. The van der Waals surface area contributed by atoms with Gasteiger partial charge < -0.3 is 5.32 Å². The summed E-state index contributed by atoms with van der Waals surface area (Å²) in [5, 5.41) is 5.28. The first-order valence-corrected chi connectivity index (χ1v) is 6.45. The van der Waals surface area contributed by atoms with Crippen molar-refractivity contribution in [2.24, 2.45) is 0 Å². The van der Waals surface area contributed by atoms with Gasteiger partial charge in [0.15, 0.2) is 5.82 Å². The number of halogens is 1. The average Bonchev–Trinajstić information content (AvgIpc) is 2.85. The number of aromatic nitrogens is 2. The molecule has 90 valence electrons. The molecule has 0 saturated carbocycles. The Bertz CT molecular complexity index is 441. The summed E-state index contributed by atoms with van der Waals surface area (Å²) in [6.07, 6.45) is 4.41. The van der Waals surface area contributed by atoms with E-state index in [2.05, 4.69) is 28.3 Å². The lowest BCUT2D eigenvalue weighted by Gasteiger charge is -2.16. The molecule has 5 heteroatoms. The van der Waals surface area contributed by atoms with Crippen LogP contribution in [-0.4, -0.2) is 9.97 Å². The van der Waals surface area contributed by atoms with Crippen molar-refractivity contribution in [3.8, 4) is 0 Å². The van der Waals surface area contributed by atoms with Gasteiger partial charge in [0.05, 0.1) is 18.4 Å². The van der Waals surface area contributed by atoms with Gasteiger partial charge in [-0.2, -0.15) is 0 Å². The van der Waals surface area contributed by atoms with Gasteiger partial charge in [-0.25, -0.2) is 14.4 Å². The second kappa shape index (κ2) is 5.72. The van der Waals surface area contributed by atoms with Crippen molar-refractivity contribution in [3.05, 3.63) is 40.6 Å². The Hall–Kier alpha value is -1.49. The number of hydrogen-bond acceptors (Lipinski definition) is 4. The number of nitrogens with one attached hydrogen (secondary N) is 1. The van der Waals surface area contributed by atoms with Gasteiger partial charge in [0.25, 0.3) is 0 Å². The first-order chi connectivity index (χ1) is 8.29. The summed E-state index contributed by atoms with van der Waals surface area (Å²) >= 11 is 1.70. The molecule has 0 bridgehead atoms. The molecule has 0 aromatic carbocycles. The molecular weight excluding hydrogens is 237 g/mol. The zero-order valence-corrected chi connectivity index (χ0v) is 10.4. The van der Waals surface area contributed by atoms with E-state index in [0.29, 0.717) is 5.95 Å². The minimum Gasteiger partial charge on any atom is -0.347 e. The van der Waals surface area contributed by atoms with E-state index in [0.717, 1.165) is 12.8 Å². The van der Waals surface area contributed by atoms with Crippen molar-refractivity contribution >= 4 is 17.3 Å². The van der Waals surface area contributed by atoms with Gasteiger partial charge in [-0.15, -0.1) is 11.3 Å². The van der Waals surface area contributed by atoms with Crippen molar-refractivity contribution in [1.29, 1.82) is 0 Å². The lowest BCUT2D eigenvalue weighted by Crippen LogP contribution is -2.11. The fourth-order valence-electron chi connectivity index (χ4n) is 1.61. The smallest absolute Gasteiger partial charge is 0.223 e. The van der Waals surface area contributed by atoms with E-state index in [-0.39, 0.29) is 6.04 Å². The third-order valence-corrected chi connectivity index (χ3v) is 3.37. The Kier molecular flexibility index (Phi) is 4.03. The average molecular weight is 251 g/mol. The molecule has 0 spiro atoms. The molecule has 3 nitrogen and oxygen atoms in total. The zero-order valence-electron chi connectivity index (χ0n) is 9.56. The molecular formula is C12H14FN3S. The molecule has 2 aromatic rings. The van der Waals surface area contributed by atoms with Gasteiger partial charge in [0.2, 0.25) is 5.95 Å². The Balaban J connectivity index is 2.10. The van der Waals surface area contributed by atoms with Crippen molar-refractivity contribution in [2.45, 2.75) is 25.8 Å². The summed E-state index contributed by atoms with van der Waals surface area (Å²) in [6, 6.07) is 4.31. The molecule has 2 heterocycles. The third kappa shape index (κ3) is 3.23. The number of nitrogens with zero attached hydrogens (tertiary/aromatic N) is 2. The quantitative estimate of drug-likeness (QED) is 0.881. The summed E-state index contributed by atoms with van der Waals surface area (Å²) in [7, 11) is 0. The van der Waals surface area contributed by atoms with Crippen molar-refractivity contribution in [3.63, 3.8) is 0 Å². The maximum Gasteiger partial charge on any atom is 0.223 e. The summed E-state index contributed by atoms with van der Waals surface area (Å²) in [5.41, 5.74) is 0. The summed E-state index contributed by atoms with van der Waals surface area (Å²) in [4.78, 5) is 9.09. The summed E-state index contributed by atoms with van der Waals surface area (Å²) < 4.78 is 12.7. The molecule has 0 aliphatic rings. The van der Waals surface area contributed by atoms with E-state index < -0.39 is 5.82 Å². The van der Waals surface area contributed by atoms with E-state index in [1.807, 2.05) is 11.4 Å². The fourth-order valence-corrected chi connectivity index (χ4v) is 2.42. The highest BCUT2D eigenvalue weighted by Crippen LogP contribution is 2.25. The van der Waals surface area contributed by atoms with Crippen LogP contribution in [0, 0.1) is 5.82 Å². The van der Waals surface area contributed by atoms with Gasteiger partial charge in [-0.05, 0) is 17.9 Å². The van der Waals surface area contributed by atoms with E-state index in [1.54, 1.807) is 11.3 Å². The van der Waals surface area contributed by atoms with Crippen LogP contribution < -0.4 is 5.32 Å². The van der Waals surface area contributed by atoms with Crippen molar-refractivity contribution < 1.29 is 4.39 Å². The second-order valence-electron chi connectivity index (χ2n) is 3.73. The largest absolute Gasteiger partial charge is 0.347 e. The molecule has 1 N–H and O–H groups in total. The molecule has 17 heavy (non-hydrogen) atoms. The van der Waals surface area contributed by atoms with E-state index in [4.69, 9.17) is 0 Å². The summed E-state index contributed by atoms with van der Waals surface area (Å²) in [5.74, 6) is 0.0527. The number of rotatable bonds is 5. The lowest BCUT2D eigenvalue weighted by atomic mass is 10.1. The lowest BCUT2D eigenvalue weighted by molar-refractivity contribution is 0.611. The Labute approximate surface area is 104 Å². The van der Waals surface area contributed by atoms with Crippen LogP contribution in [0.15, 0.2) is 29.9 Å². The van der Waals surface area contributed by atoms with Crippen LogP contribution in [0.5, 0.6) is 0 Å². The molecule has 0 aliphatic heterocycles. The van der Waals surface area contributed by atoms with Crippen LogP contribution >= 0.6 is 11.3 Å². The molecule has 2 aromatic heterocycles.